The zero-order valence-electron chi connectivity index (χ0n) is 28.6. The van der Waals surface area contributed by atoms with Gasteiger partial charge in [0, 0.05) is 45.0 Å². The van der Waals surface area contributed by atoms with Gasteiger partial charge in [0.05, 0.1) is 33.1 Å². The van der Waals surface area contributed by atoms with Gasteiger partial charge in [-0.25, -0.2) is 4.98 Å². The maximum atomic E-state index is 5.07. The van der Waals surface area contributed by atoms with Gasteiger partial charge in [0.1, 0.15) is 6.17 Å². The fraction of sp³-hybridized carbons (Fsp3) is 0.0208. The molecule has 0 radical (unpaired) electrons. The Balaban J connectivity index is 1.08. The van der Waals surface area contributed by atoms with E-state index in [4.69, 9.17) is 4.98 Å². The summed E-state index contributed by atoms with van der Waals surface area (Å²) < 4.78 is 4.70. The van der Waals surface area contributed by atoms with Crippen LogP contribution in [-0.4, -0.2) is 14.1 Å². The van der Waals surface area contributed by atoms with Crippen molar-refractivity contribution in [1.82, 2.24) is 14.1 Å². The average molecular weight is 678 g/mol. The molecule has 0 saturated carbocycles. The molecule has 5 nitrogen and oxygen atoms in total. The third kappa shape index (κ3) is 4.49. The first kappa shape index (κ1) is 29.4. The highest BCUT2D eigenvalue weighted by Crippen LogP contribution is 2.49. The van der Waals surface area contributed by atoms with Crippen molar-refractivity contribution in [2.24, 2.45) is 0 Å². The molecule has 10 aromatic rings. The minimum Gasteiger partial charge on any atom is -0.358 e. The summed E-state index contributed by atoms with van der Waals surface area (Å²) in [5.74, 6) is 0.890. The average Bonchev–Trinajstić information content (AvgIpc) is 3.90. The lowest BCUT2D eigenvalue weighted by Crippen LogP contribution is -2.23. The second kappa shape index (κ2) is 11.6. The molecule has 1 aliphatic rings. The Morgan fingerprint density at radius 1 is 0.528 bits per heavy atom. The van der Waals surface area contributed by atoms with E-state index in [9.17, 15) is 0 Å². The molecule has 11 rings (SSSR count). The van der Waals surface area contributed by atoms with Crippen LogP contribution in [0.25, 0.3) is 66.1 Å². The molecular formula is C48H31N5. The number of aromatic nitrogens is 3. The molecule has 1 atom stereocenters. The van der Waals surface area contributed by atoms with Gasteiger partial charge in [-0.2, -0.15) is 0 Å². The molecule has 4 heterocycles. The number of para-hydroxylation sites is 3. The molecule has 0 amide bonds. The first-order valence-electron chi connectivity index (χ1n) is 17.9. The van der Waals surface area contributed by atoms with Crippen molar-refractivity contribution in [2.75, 3.05) is 10.2 Å². The third-order valence-electron chi connectivity index (χ3n) is 10.6. The van der Waals surface area contributed by atoms with Gasteiger partial charge < -0.3 is 14.5 Å². The van der Waals surface area contributed by atoms with Crippen molar-refractivity contribution >= 4 is 60.8 Å². The van der Waals surface area contributed by atoms with Gasteiger partial charge in [0.15, 0.2) is 5.82 Å². The Labute approximate surface area is 306 Å². The monoisotopic (exact) mass is 677 g/mol. The number of hydrogen-bond donors (Lipinski definition) is 1. The molecule has 0 aliphatic carbocycles. The van der Waals surface area contributed by atoms with Crippen LogP contribution >= 0.6 is 0 Å². The fourth-order valence-electron chi connectivity index (χ4n) is 8.34. The minimum atomic E-state index is -0.170. The van der Waals surface area contributed by atoms with Crippen molar-refractivity contribution < 1.29 is 0 Å². The van der Waals surface area contributed by atoms with E-state index >= 15 is 0 Å². The van der Waals surface area contributed by atoms with E-state index in [-0.39, 0.29) is 6.17 Å². The Morgan fingerprint density at radius 3 is 1.92 bits per heavy atom. The van der Waals surface area contributed by atoms with Crippen LogP contribution in [0.4, 0.5) is 17.2 Å². The van der Waals surface area contributed by atoms with E-state index in [0.29, 0.717) is 0 Å². The van der Waals surface area contributed by atoms with E-state index in [2.05, 4.69) is 195 Å². The number of hydrogen-bond acceptors (Lipinski definition) is 3. The van der Waals surface area contributed by atoms with Gasteiger partial charge in [-0.1, -0.05) is 115 Å². The Bertz CT molecular complexity index is 2900. The van der Waals surface area contributed by atoms with Crippen LogP contribution in [0.5, 0.6) is 0 Å². The topological polar surface area (TPSA) is 38.0 Å². The van der Waals surface area contributed by atoms with Crippen molar-refractivity contribution in [3.05, 3.63) is 194 Å². The zero-order chi connectivity index (χ0) is 34.9. The molecule has 1 N–H and O–H groups in total. The van der Waals surface area contributed by atoms with Crippen LogP contribution in [0, 0.1) is 12.1 Å². The number of fused-ring (bicyclic) bond motifs is 7. The summed E-state index contributed by atoms with van der Waals surface area (Å²) in [5, 5.41) is 8.67. The van der Waals surface area contributed by atoms with E-state index in [1.165, 1.54) is 21.8 Å². The van der Waals surface area contributed by atoms with Crippen molar-refractivity contribution in [3.63, 3.8) is 0 Å². The molecule has 7 aromatic carbocycles. The fourth-order valence-corrected chi connectivity index (χ4v) is 8.34. The lowest BCUT2D eigenvalue weighted by atomic mass is 10.0. The molecule has 0 spiro atoms. The Hall–Kier alpha value is -7.29. The standard InChI is InChI=1S/C48H31N5/c1-2-14-32(15-3-1)47-50-46-37(33-16-12-17-34(30-33)51-42-24-8-4-20-38(42)39-21-5-9-25-43(39)51)28-29-49-48(46)53(47)36-19-13-18-35(31-36)52-44-26-10-6-22-40(44)41-23-7-11-27-45(41)52/h1-6,8-22,24-31,47,50H. The second-order valence-corrected chi connectivity index (χ2v) is 13.5. The van der Waals surface area contributed by atoms with Crippen molar-refractivity contribution in [1.29, 1.82) is 0 Å². The molecule has 1 unspecified atom stereocenters. The molecule has 53 heavy (non-hydrogen) atoms. The molecule has 0 fully saturated rings. The first-order chi connectivity index (χ1) is 26.3. The van der Waals surface area contributed by atoms with Gasteiger partial charge in [0.25, 0.3) is 0 Å². The number of nitrogens with one attached hydrogen (secondary N) is 1. The number of nitrogens with zero attached hydrogens (tertiary/aromatic N) is 4. The molecule has 1 aliphatic heterocycles. The molecule has 0 saturated heterocycles. The van der Waals surface area contributed by atoms with Crippen LogP contribution in [0.3, 0.4) is 0 Å². The Kier molecular flexibility index (Phi) is 6.46. The highest BCUT2D eigenvalue weighted by Gasteiger charge is 2.34. The van der Waals surface area contributed by atoms with E-state index in [0.717, 1.165) is 67.1 Å². The predicted molar refractivity (Wildman–Crippen MR) is 217 cm³/mol. The third-order valence-corrected chi connectivity index (χ3v) is 10.6. The summed E-state index contributed by atoms with van der Waals surface area (Å²) in [6.07, 6.45) is 1.77. The van der Waals surface area contributed by atoms with Crippen LogP contribution in [0.15, 0.2) is 176 Å². The van der Waals surface area contributed by atoms with Crippen LogP contribution < -0.4 is 10.2 Å². The van der Waals surface area contributed by atoms with Gasteiger partial charge in [0.2, 0.25) is 0 Å². The normalized spacial score (nSPS) is 13.8. The summed E-state index contributed by atoms with van der Waals surface area (Å²) in [4.78, 5) is 7.40. The molecule has 3 aromatic heterocycles. The quantitative estimate of drug-likeness (QED) is 0.197. The van der Waals surface area contributed by atoms with Gasteiger partial charge in [-0.15, -0.1) is 0 Å². The van der Waals surface area contributed by atoms with E-state index in [1.807, 2.05) is 12.3 Å². The summed E-state index contributed by atoms with van der Waals surface area (Å²) in [5.41, 5.74) is 12.3. The summed E-state index contributed by atoms with van der Waals surface area (Å²) in [6.45, 7) is 0. The Morgan fingerprint density at radius 2 is 1.15 bits per heavy atom. The van der Waals surface area contributed by atoms with Gasteiger partial charge >= 0.3 is 0 Å². The SMILES string of the molecule is c1ccc2c(c#1)c1ccccc1n2-c1cccc(N2c3nccc(-c4cccc(-n5c6ccccc6c6ccccc65)c4)c3NC2c2ccccc2)c1. The molecule has 5 heteroatoms. The maximum absolute atomic E-state index is 5.07. The highest BCUT2D eigenvalue weighted by atomic mass is 15.4. The largest absolute Gasteiger partial charge is 0.358 e. The number of benzene rings is 6. The number of pyridine rings is 1. The minimum absolute atomic E-state index is 0.170. The van der Waals surface area contributed by atoms with Crippen LogP contribution in [0.2, 0.25) is 0 Å². The molecule has 0 bridgehead atoms. The molecular weight excluding hydrogens is 647 g/mol. The van der Waals surface area contributed by atoms with Crippen LogP contribution in [-0.2, 0) is 0 Å². The predicted octanol–water partition coefficient (Wildman–Crippen LogP) is 11.8. The van der Waals surface area contributed by atoms with Crippen molar-refractivity contribution in [2.45, 2.75) is 6.17 Å². The number of anilines is 3. The zero-order valence-corrected chi connectivity index (χ0v) is 28.6. The van der Waals surface area contributed by atoms with E-state index in [1.54, 1.807) is 0 Å². The highest BCUT2D eigenvalue weighted by molar-refractivity contribution is 6.10. The van der Waals surface area contributed by atoms with Crippen molar-refractivity contribution in [3.8, 4) is 22.5 Å². The molecule has 248 valence electrons. The first-order valence-corrected chi connectivity index (χ1v) is 17.9. The summed E-state index contributed by atoms with van der Waals surface area (Å²) in [6, 6.07) is 66.8. The van der Waals surface area contributed by atoms with Crippen LogP contribution in [0.1, 0.15) is 11.7 Å². The summed E-state index contributed by atoms with van der Waals surface area (Å²) in [7, 11) is 0. The maximum Gasteiger partial charge on any atom is 0.159 e. The number of rotatable bonds is 5. The lowest BCUT2D eigenvalue weighted by molar-refractivity contribution is 0.820. The summed E-state index contributed by atoms with van der Waals surface area (Å²) >= 11 is 0. The van der Waals surface area contributed by atoms with E-state index < -0.39 is 0 Å². The lowest BCUT2D eigenvalue weighted by Gasteiger charge is -2.27. The second-order valence-electron chi connectivity index (χ2n) is 13.5. The van der Waals surface area contributed by atoms with Gasteiger partial charge in [-0.05, 0) is 77.9 Å². The smallest absolute Gasteiger partial charge is 0.159 e. The van der Waals surface area contributed by atoms with Gasteiger partial charge in [-0.3, -0.25) is 4.90 Å².